The second kappa shape index (κ2) is 4.88. The van der Waals surface area contributed by atoms with E-state index in [0.29, 0.717) is 4.47 Å². The van der Waals surface area contributed by atoms with Crippen molar-refractivity contribution < 1.29 is 5.11 Å². The zero-order valence-corrected chi connectivity index (χ0v) is 13.8. The van der Waals surface area contributed by atoms with Gasteiger partial charge in [0.25, 0.3) is 0 Å². The summed E-state index contributed by atoms with van der Waals surface area (Å²) in [5.74, 6) is 1.09. The number of aromatic hydroxyl groups is 1. The minimum absolute atomic E-state index is 0.103. The summed E-state index contributed by atoms with van der Waals surface area (Å²) in [6.45, 7) is 6.47. The topological polar surface area (TPSA) is 38.0 Å². The first-order valence-electron chi connectivity index (χ1n) is 6.85. The smallest absolute Gasteiger partial charge is 0.141 e. The molecule has 3 aromatic rings. The molecule has 0 amide bonds. The average molecular weight is 345 g/mol. The highest BCUT2D eigenvalue weighted by Gasteiger charge is 2.22. The Bertz CT molecular complexity index is 815. The van der Waals surface area contributed by atoms with Gasteiger partial charge in [-0.2, -0.15) is 0 Å². The number of nitrogens with zero attached hydrogens (tertiary/aromatic N) is 2. The first-order chi connectivity index (χ1) is 9.88. The minimum Gasteiger partial charge on any atom is -0.507 e. The molecule has 1 heterocycles. The number of hydrogen-bond donors (Lipinski definition) is 1. The fourth-order valence-electron chi connectivity index (χ4n) is 2.55. The summed E-state index contributed by atoms with van der Waals surface area (Å²) in [5.41, 5.74) is 2.86. The van der Waals surface area contributed by atoms with E-state index in [2.05, 4.69) is 47.3 Å². The SMILES string of the molecule is CC(C)(C)n1c(-c2ccc(Br)c(O)c2)nc2ccccc21. The Labute approximate surface area is 132 Å². The lowest BCUT2D eigenvalue weighted by Gasteiger charge is -2.24. The van der Waals surface area contributed by atoms with Crippen molar-refractivity contribution in [1.82, 2.24) is 9.55 Å². The molecule has 21 heavy (non-hydrogen) atoms. The summed E-state index contributed by atoms with van der Waals surface area (Å²) in [7, 11) is 0. The Kier molecular flexibility index (Phi) is 3.29. The Morgan fingerprint density at radius 1 is 1.10 bits per heavy atom. The van der Waals surface area contributed by atoms with Crippen molar-refractivity contribution in [3.63, 3.8) is 0 Å². The van der Waals surface area contributed by atoms with Crippen molar-refractivity contribution in [3.05, 3.63) is 46.9 Å². The molecule has 0 aliphatic heterocycles. The molecule has 2 aromatic carbocycles. The van der Waals surface area contributed by atoms with Crippen LogP contribution in [0.1, 0.15) is 20.8 Å². The highest BCUT2D eigenvalue weighted by atomic mass is 79.9. The molecule has 0 aliphatic rings. The van der Waals surface area contributed by atoms with Gasteiger partial charge in [0, 0.05) is 11.1 Å². The number of phenols is 1. The van der Waals surface area contributed by atoms with Gasteiger partial charge < -0.3 is 9.67 Å². The van der Waals surface area contributed by atoms with E-state index in [9.17, 15) is 5.11 Å². The highest BCUT2D eigenvalue weighted by molar-refractivity contribution is 9.10. The minimum atomic E-state index is -0.103. The number of benzene rings is 2. The lowest BCUT2D eigenvalue weighted by Crippen LogP contribution is -2.22. The molecule has 3 rings (SSSR count). The van der Waals surface area contributed by atoms with E-state index >= 15 is 0 Å². The average Bonchev–Trinajstić information content (AvgIpc) is 2.81. The maximum Gasteiger partial charge on any atom is 0.141 e. The van der Waals surface area contributed by atoms with Crippen LogP contribution < -0.4 is 0 Å². The summed E-state index contributed by atoms with van der Waals surface area (Å²) in [4.78, 5) is 4.76. The summed E-state index contributed by atoms with van der Waals surface area (Å²) in [5, 5.41) is 9.95. The molecule has 0 bridgehead atoms. The maximum absolute atomic E-state index is 9.95. The molecule has 1 N–H and O–H groups in total. The lowest BCUT2D eigenvalue weighted by molar-refractivity contribution is 0.413. The fourth-order valence-corrected chi connectivity index (χ4v) is 2.80. The van der Waals surface area contributed by atoms with E-state index in [1.807, 2.05) is 30.3 Å². The molecule has 0 radical (unpaired) electrons. The van der Waals surface area contributed by atoms with Gasteiger partial charge in [0.2, 0.25) is 0 Å². The van der Waals surface area contributed by atoms with Crippen molar-refractivity contribution in [2.24, 2.45) is 0 Å². The molecule has 0 aliphatic carbocycles. The molecule has 0 spiro atoms. The molecule has 3 nitrogen and oxygen atoms in total. The van der Waals surface area contributed by atoms with E-state index in [1.165, 1.54) is 0 Å². The van der Waals surface area contributed by atoms with Crippen LogP contribution in [0.2, 0.25) is 0 Å². The van der Waals surface area contributed by atoms with Gasteiger partial charge in [-0.05, 0) is 67.0 Å². The predicted molar refractivity (Wildman–Crippen MR) is 89.5 cm³/mol. The van der Waals surface area contributed by atoms with Crippen LogP contribution in [0.4, 0.5) is 0 Å². The van der Waals surface area contributed by atoms with E-state index in [0.717, 1.165) is 22.4 Å². The zero-order valence-electron chi connectivity index (χ0n) is 12.3. The van der Waals surface area contributed by atoms with Crippen molar-refractivity contribution in [2.75, 3.05) is 0 Å². The third-order valence-electron chi connectivity index (χ3n) is 3.44. The predicted octanol–water partition coefficient (Wildman–Crippen LogP) is 4.93. The third-order valence-corrected chi connectivity index (χ3v) is 4.11. The van der Waals surface area contributed by atoms with E-state index < -0.39 is 0 Å². The van der Waals surface area contributed by atoms with E-state index in [-0.39, 0.29) is 11.3 Å². The standard InChI is InChI=1S/C17H17BrN2O/c1-17(2,3)20-14-7-5-4-6-13(14)19-16(20)11-8-9-12(18)15(21)10-11/h4-10,21H,1-3H3. The number of fused-ring (bicyclic) bond motifs is 1. The number of rotatable bonds is 1. The molecule has 0 saturated carbocycles. The Balaban J connectivity index is 2.33. The van der Waals surface area contributed by atoms with E-state index in [1.54, 1.807) is 6.07 Å². The molecule has 0 atom stereocenters. The fraction of sp³-hybridized carbons (Fsp3) is 0.235. The van der Waals surface area contributed by atoms with E-state index in [4.69, 9.17) is 4.98 Å². The van der Waals surface area contributed by atoms with Crippen LogP contribution >= 0.6 is 15.9 Å². The molecule has 0 saturated heterocycles. The Morgan fingerprint density at radius 3 is 2.48 bits per heavy atom. The maximum atomic E-state index is 9.95. The zero-order chi connectivity index (χ0) is 15.2. The van der Waals surface area contributed by atoms with Crippen LogP contribution in [-0.2, 0) is 5.54 Å². The summed E-state index contributed by atoms with van der Waals surface area (Å²) < 4.78 is 2.90. The number of imidazole rings is 1. The molecule has 0 fully saturated rings. The number of halogens is 1. The summed E-state index contributed by atoms with van der Waals surface area (Å²) >= 11 is 3.32. The number of aromatic nitrogens is 2. The Hall–Kier alpha value is -1.81. The van der Waals surface area contributed by atoms with Crippen molar-refractivity contribution in [3.8, 4) is 17.1 Å². The van der Waals surface area contributed by atoms with Gasteiger partial charge in [-0.3, -0.25) is 0 Å². The molecular weight excluding hydrogens is 328 g/mol. The number of hydrogen-bond acceptors (Lipinski definition) is 2. The van der Waals surface area contributed by atoms with Crippen LogP contribution in [0.5, 0.6) is 5.75 Å². The highest BCUT2D eigenvalue weighted by Crippen LogP contribution is 2.34. The van der Waals surface area contributed by atoms with Gasteiger partial charge in [0.1, 0.15) is 11.6 Å². The van der Waals surface area contributed by atoms with Gasteiger partial charge in [-0.1, -0.05) is 12.1 Å². The third kappa shape index (κ3) is 2.44. The van der Waals surface area contributed by atoms with Crippen LogP contribution in [0, 0.1) is 0 Å². The lowest BCUT2D eigenvalue weighted by atomic mass is 10.1. The number of para-hydroxylation sites is 2. The van der Waals surface area contributed by atoms with Gasteiger partial charge in [-0.25, -0.2) is 4.98 Å². The quantitative estimate of drug-likeness (QED) is 0.679. The van der Waals surface area contributed by atoms with Crippen molar-refractivity contribution >= 4 is 27.0 Å². The van der Waals surface area contributed by atoms with Crippen LogP contribution in [-0.4, -0.2) is 14.7 Å². The van der Waals surface area contributed by atoms with Crippen LogP contribution in [0.3, 0.4) is 0 Å². The van der Waals surface area contributed by atoms with Crippen molar-refractivity contribution in [1.29, 1.82) is 0 Å². The second-order valence-electron chi connectivity index (χ2n) is 6.10. The van der Waals surface area contributed by atoms with Crippen LogP contribution in [0.15, 0.2) is 46.9 Å². The van der Waals surface area contributed by atoms with Gasteiger partial charge in [-0.15, -0.1) is 0 Å². The molecule has 0 unspecified atom stereocenters. The van der Waals surface area contributed by atoms with Gasteiger partial charge in [0.05, 0.1) is 15.5 Å². The van der Waals surface area contributed by atoms with Gasteiger partial charge in [0.15, 0.2) is 0 Å². The van der Waals surface area contributed by atoms with Gasteiger partial charge >= 0.3 is 0 Å². The summed E-state index contributed by atoms with van der Waals surface area (Å²) in [6, 6.07) is 13.7. The second-order valence-corrected chi connectivity index (χ2v) is 6.95. The molecular formula is C17H17BrN2O. The molecule has 1 aromatic heterocycles. The number of phenolic OH excluding ortho intramolecular Hbond substituents is 1. The largest absolute Gasteiger partial charge is 0.507 e. The van der Waals surface area contributed by atoms with Crippen LogP contribution in [0.25, 0.3) is 22.4 Å². The Morgan fingerprint density at radius 2 is 1.81 bits per heavy atom. The summed E-state index contributed by atoms with van der Waals surface area (Å²) in [6.07, 6.45) is 0. The first-order valence-corrected chi connectivity index (χ1v) is 7.64. The monoisotopic (exact) mass is 344 g/mol. The molecule has 4 heteroatoms. The van der Waals surface area contributed by atoms with Crippen molar-refractivity contribution in [2.45, 2.75) is 26.3 Å². The first kappa shape index (κ1) is 14.1. The molecule has 108 valence electrons. The normalized spacial score (nSPS) is 12.0.